The van der Waals surface area contributed by atoms with Crippen LogP contribution in [0.2, 0.25) is 0 Å². The standard InChI is InChI=1S/C21H23N3O2/c1-2-8-17-9-3-6-12-20(17)26-14-7-13-24-19-11-5-4-10-18(19)23-21(24)15-22-16-25/h2-6,9-12,16H,1,7-8,13-15H2,(H,22,25). The summed E-state index contributed by atoms with van der Waals surface area (Å²) in [7, 11) is 0. The molecule has 5 nitrogen and oxygen atoms in total. The van der Waals surface area contributed by atoms with E-state index in [4.69, 9.17) is 4.74 Å². The quantitative estimate of drug-likeness (QED) is 0.346. The van der Waals surface area contributed by atoms with Crippen LogP contribution >= 0.6 is 0 Å². The maximum atomic E-state index is 10.6. The Morgan fingerprint density at radius 3 is 2.81 bits per heavy atom. The first-order valence-electron chi connectivity index (χ1n) is 8.76. The number of imidazole rings is 1. The average molecular weight is 349 g/mol. The van der Waals surface area contributed by atoms with Crippen molar-refractivity contribution in [2.45, 2.75) is 25.9 Å². The Morgan fingerprint density at radius 2 is 1.96 bits per heavy atom. The maximum absolute atomic E-state index is 10.6. The minimum atomic E-state index is 0.418. The van der Waals surface area contributed by atoms with Gasteiger partial charge in [-0.3, -0.25) is 4.79 Å². The number of para-hydroxylation sites is 3. The van der Waals surface area contributed by atoms with Crippen LogP contribution in [0.4, 0.5) is 0 Å². The first-order chi connectivity index (χ1) is 12.8. The van der Waals surface area contributed by atoms with Crippen LogP contribution in [0.15, 0.2) is 61.2 Å². The molecule has 134 valence electrons. The number of carbonyl (C=O) groups is 1. The number of ether oxygens (including phenoxy) is 1. The van der Waals surface area contributed by atoms with Gasteiger partial charge in [-0.2, -0.15) is 0 Å². The SMILES string of the molecule is C=CCc1ccccc1OCCCn1c(CNC=O)nc2ccccc21. The van der Waals surface area contributed by atoms with Gasteiger partial charge in [0.05, 0.1) is 24.2 Å². The van der Waals surface area contributed by atoms with Crippen LogP contribution < -0.4 is 10.1 Å². The second kappa shape index (κ2) is 8.85. The molecule has 0 radical (unpaired) electrons. The number of nitrogens with zero attached hydrogens (tertiary/aromatic N) is 2. The van der Waals surface area contributed by atoms with Crippen molar-refractivity contribution in [3.05, 3.63) is 72.6 Å². The lowest BCUT2D eigenvalue weighted by atomic mass is 10.1. The summed E-state index contributed by atoms with van der Waals surface area (Å²) in [5.41, 5.74) is 3.15. The van der Waals surface area contributed by atoms with Crippen molar-refractivity contribution in [1.82, 2.24) is 14.9 Å². The number of amides is 1. The highest BCUT2D eigenvalue weighted by atomic mass is 16.5. The molecular weight excluding hydrogens is 326 g/mol. The van der Waals surface area contributed by atoms with E-state index in [0.29, 0.717) is 19.6 Å². The summed E-state index contributed by atoms with van der Waals surface area (Å²) < 4.78 is 8.11. The minimum Gasteiger partial charge on any atom is -0.493 e. The molecule has 1 N–H and O–H groups in total. The summed E-state index contributed by atoms with van der Waals surface area (Å²) in [6, 6.07) is 16.0. The van der Waals surface area contributed by atoms with Gasteiger partial charge in [0.15, 0.2) is 0 Å². The van der Waals surface area contributed by atoms with E-state index < -0.39 is 0 Å². The van der Waals surface area contributed by atoms with Crippen molar-refractivity contribution in [3.63, 3.8) is 0 Å². The molecule has 0 atom stereocenters. The Kier molecular flexibility index (Phi) is 6.04. The van der Waals surface area contributed by atoms with Gasteiger partial charge in [0.25, 0.3) is 0 Å². The van der Waals surface area contributed by atoms with E-state index in [9.17, 15) is 4.79 Å². The van der Waals surface area contributed by atoms with Crippen LogP contribution in [-0.2, 0) is 24.3 Å². The topological polar surface area (TPSA) is 56.1 Å². The number of aromatic nitrogens is 2. The number of hydrogen-bond donors (Lipinski definition) is 1. The summed E-state index contributed by atoms with van der Waals surface area (Å²) >= 11 is 0. The van der Waals surface area contributed by atoms with E-state index in [1.165, 1.54) is 0 Å². The Bertz CT molecular complexity index is 886. The molecule has 3 rings (SSSR count). The largest absolute Gasteiger partial charge is 0.493 e. The number of rotatable bonds is 10. The Morgan fingerprint density at radius 1 is 1.15 bits per heavy atom. The number of hydrogen-bond acceptors (Lipinski definition) is 3. The molecule has 0 saturated heterocycles. The molecule has 0 spiro atoms. The summed E-state index contributed by atoms with van der Waals surface area (Å²) in [5, 5.41) is 2.70. The zero-order chi connectivity index (χ0) is 18.2. The first kappa shape index (κ1) is 17.7. The van der Waals surface area contributed by atoms with E-state index in [0.717, 1.165) is 47.6 Å². The van der Waals surface area contributed by atoms with Crippen LogP contribution in [0.5, 0.6) is 5.75 Å². The predicted octanol–water partition coefficient (Wildman–Crippen LogP) is 3.48. The Labute approximate surface area is 153 Å². The molecule has 26 heavy (non-hydrogen) atoms. The van der Waals surface area contributed by atoms with Crippen molar-refractivity contribution in [2.75, 3.05) is 6.61 Å². The summed E-state index contributed by atoms with van der Waals surface area (Å²) in [6.07, 6.45) is 4.22. The van der Waals surface area contributed by atoms with E-state index >= 15 is 0 Å². The number of nitrogens with one attached hydrogen (secondary N) is 1. The molecule has 0 aliphatic carbocycles. The van der Waals surface area contributed by atoms with Crippen LogP contribution in [0.3, 0.4) is 0 Å². The third-order valence-electron chi connectivity index (χ3n) is 4.20. The zero-order valence-electron chi connectivity index (χ0n) is 14.7. The molecule has 3 aromatic rings. The molecule has 1 aromatic heterocycles. The van der Waals surface area contributed by atoms with Crippen molar-refractivity contribution in [2.24, 2.45) is 0 Å². The van der Waals surface area contributed by atoms with Crippen molar-refractivity contribution in [1.29, 1.82) is 0 Å². The molecule has 1 amide bonds. The highest BCUT2D eigenvalue weighted by molar-refractivity contribution is 5.75. The molecule has 0 unspecified atom stereocenters. The Balaban J connectivity index is 1.66. The van der Waals surface area contributed by atoms with Crippen molar-refractivity contribution >= 4 is 17.4 Å². The molecule has 5 heteroatoms. The molecule has 1 heterocycles. The van der Waals surface area contributed by atoms with Gasteiger partial charge in [0, 0.05) is 6.54 Å². The summed E-state index contributed by atoms with van der Waals surface area (Å²) in [6.45, 7) is 5.60. The fraction of sp³-hybridized carbons (Fsp3) is 0.238. The van der Waals surface area contributed by atoms with Gasteiger partial charge in [0.1, 0.15) is 11.6 Å². The summed E-state index contributed by atoms with van der Waals surface area (Å²) in [5.74, 6) is 1.76. The average Bonchev–Trinajstić information content (AvgIpc) is 3.02. The normalized spacial score (nSPS) is 10.6. The molecule has 0 aliphatic heterocycles. The lowest BCUT2D eigenvalue weighted by Gasteiger charge is -2.12. The number of benzene rings is 2. The minimum absolute atomic E-state index is 0.418. The molecule has 2 aromatic carbocycles. The van der Waals surface area contributed by atoms with Crippen LogP contribution in [0.1, 0.15) is 17.8 Å². The van der Waals surface area contributed by atoms with Gasteiger partial charge < -0.3 is 14.6 Å². The lowest BCUT2D eigenvalue weighted by Crippen LogP contribution is -2.16. The second-order valence-electron chi connectivity index (χ2n) is 5.97. The summed E-state index contributed by atoms with van der Waals surface area (Å²) in [4.78, 5) is 15.2. The Hall–Kier alpha value is -3.08. The highest BCUT2D eigenvalue weighted by Crippen LogP contribution is 2.20. The van der Waals surface area contributed by atoms with E-state index in [1.54, 1.807) is 0 Å². The van der Waals surface area contributed by atoms with Gasteiger partial charge in [0.2, 0.25) is 6.41 Å². The molecule has 0 aliphatic rings. The highest BCUT2D eigenvalue weighted by Gasteiger charge is 2.10. The fourth-order valence-corrected chi connectivity index (χ4v) is 3.02. The van der Waals surface area contributed by atoms with E-state index in [1.807, 2.05) is 48.5 Å². The fourth-order valence-electron chi connectivity index (χ4n) is 3.02. The third-order valence-corrected chi connectivity index (χ3v) is 4.20. The number of allylic oxidation sites excluding steroid dienone is 1. The predicted molar refractivity (Wildman–Crippen MR) is 103 cm³/mol. The van der Waals surface area contributed by atoms with Crippen LogP contribution in [-0.4, -0.2) is 22.6 Å². The molecule has 0 saturated carbocycles. The van der Waals surface area contributed by atoms with E-state index in [2.05, 4.69) is 27.5 Å². The smallest absolute Gasteiger partial charge is 0.207 e. The van der Waals surface area contributed by atoms with Gasteiger partial charge in [-0.15, -0.1) is 6.58 Å². The van der Waals surface area contributed by atoms with Gasteiger partial charge in [-0.25, -0.2) is 4.98 Å². The van der Waals surface area contributed by atoms with Gasteiger partial charge in [-0.05, 0) is 36.6 Å². The zero-order valence-corrected chi connectivity index (χ0v) is 14.7. The second-order valence-corrected chi connectivity index (χ2v) is 5.97. The van der Waals surface area contributed by atoms with Gasteiger partial charge >= 0.3 is 0 Å². The molecule has 0 bridgehead atoms. The van der Waals surface area contributed by atoms with Crippen molar-refractivity contribution in [3.8, 4) is 5.75 Å². The van der Waals surface area contributed by atoms with E-state index in [-0.39, 0.29) is 0 Å². The number of fused-ring (bicyclic) bond motifs is 1. The third kappa shape index (κ3) is 4.11. The number of carbonyl (C=O) groups excluding carboxylic acids is 1. The van der Waals surface area contributed by atoms with Crippen LogP contribution in [0.25, 0.3) is 11.0 Å². The lowest BCUT2D eigenvalue weighted by molar-refractivity contribution is -0.109. The van der Waals surface area contributed by atoms with Crippen molar-refractivity contribution < 1.29 is 9.53 Å². The van der Waals surface area contributed by atoms with Crippen LogP contribution in [0, 0.1) is 0 Å². The molecule has 0 fully saturated rings. The first-order valence-corrected chi connectivity index (χ1v) is 8.76. The molecular formula is C21H23N3O2. The number of aryl methyl sites for hydroxylation is 1. The maximum Gasteiger partial charge on any atom is 0.207 e. The van der Waals surface area contributed by atoms with Gasteiger partial charge in [-0.1, -0.05) is 36.4 Å². The monoisotopic (exact) mass is 349 g/mol.